The second-order valence-electron chi connectivity index (χ2n) is 7.23. The van der Waals surface area contributed by atoms with E-state index in [1.807, 2.05) is 24.0 Å². The second kappa shape index (κ2) is 9.48. The van der Waals surface area contributed by atoms with Crippen molar-refractivity contribution in [1.29, 1.82) is 0 Å². The van der Waals surface area contributed by atoms with Gasteiger partial charge in [0.2, 0.25) is 15.9 Å². The van der Waals surface area contributed by atoms with E-state index in [-0.39, 0.29) is 5.91 Å². The summed E-state index contributed by atoms with van der Waals surface area (Å²) in [5.74, 6) is 0.531. The Morgan fingerprint density at radius 2 is 1.81 bits per heavy atom. The Balaban J connectivity index is 2.01. The molecule has 0 saturated carbocycles. The molecule has 0 aliphatic carbocycles. The molecular formula is C19H31N3O3S. The van der Waals surface area contributed by atoms with Gasteiger partial charge in [0, 0.05) is 26.2 Å². The maximum absolute atomic E-state index is 12.9. The van der Waals surface area contributed by atoms with E-state index < -0.39 is 10.0 Å². The molecule has 6 nitrogen and oxygen atoms in total. The lowest BCUT2D eigenvalue weighted by Gasteiger charge is -2.21. The van der Waals surface area contributed by atoms with Gasteiger partial charge in [-0.3, -0.25) is 9.69 Å². The maximum Gasteiger partial charge on any atom is 0.243 e. The molecule has 0 spiro atoms. The monoisotopic (exact) mass is 381 g/mol. The van der Waals surface area contributed by atoms with E-state index in [4.69, 9.17) is 0 Å². The number of carbonyl (C=O) groups excluding carboxylic acids is 1. The molecule has 1 fully saturated rings. The Kier molecular flexibility index (Phi) is 7.61. The van der Waals surface area contributed by atoms with Crippen molar-refractivity contribution < 1.29 is 13.2 Å². The Morgan fingerprint density at radius 3 is 2.42 bits per heavy atom. The van der Waals surface area contributed by atoms with Crippen LogP contribution in [-0.2, 0) is 21.2 Å². The highest BCUT2D eigenvalue weighted by atomic mass is 32.2. The molecule has 0 radical (unpaired) electrons. The van der Waals surface area contributed by atoms with Crippen LogP contribution < -0.4 is 5.32 Å². The van der Waals surface area contributed by atoms with Gasteiger partial charge in [0.05, 0.1) is 11.4 Å². The van der Waals surface area contributed by atoms with Crippen molar-refractivity contribution >= 4 is 15.9 Å². The fourth-order valence-corrected chi connectivity index (χ4v) is 4.69. The van der Waals surface area contributed by atoms with E-state index in [2.05, 4.69) is 19.2 Å². The van der Waals surface area contributed by atoms with Gasteiger partial charge in [0.1, 0.15) is 0 Å². The summed E-state index contributed by atoms with van der Waals surface area (Å²) in [6.07, 6.45) is 1.67. The van der Waals surface area contributed by atoms with Crippen molar-refractivity contribution in [2.75, 3.05) is 39.3 Å². The molecule has 1 amide bonds. The van der Waals surface area contributed by atoms with Crippen molar-refractivity contribution in [2.45, 2.75) is 38.5 Å². The van der Waals surface area contributed by atoms with E-state index in [1.165, 1.54) is 0 Å². The fourth-order valence-electron chi connectivity index (χ4n) is 3.22. The molecule has 2 rings (SSSR count). The first-order valence-electron chi connectivity index (χ1n) is 9.41. The van der Waals surface area contributed by atoms with Gasteiger partial charge in [0.15, 0.2) is 0 Å². The van der Waals surface area contributed by atoms with Gasteiger partial charge in [-0.25, -0.2) is 8.42 Å². The normalized spacial score (nSPS) is 17.2. The lowest BCUT2D eigenvalue weighted by Crippen LogP contribution is -2.40. The molecular weight excluding hydrogens is 350 g/mol. The van der Waals surface area contributed by atoms with Crippen LogP contribution in [0.2, 0.25) is 0 Å². The molecule has 1 aromatic rings. The summed E-state index contributed by atoms with van der Waals surface area (Å²) < 4.78 is 27.4. The van der Waals surface area contributed by atoms with Crippen molar-refractivity contribution in [3.05, 3.63) is 29.8 Å². The number of hydrogen-bond donors (Lipinski definition) is 1. The topological polar surface area (TPSA) is 69.7 Å². The molecule has 1 saturated heterocycles. The standard InChI is InChI=1S/C19H31N3O3S/c1-4-20-19(23)15-21-10-5-11-22(13-12-21)26(24,25)18-8-6-17(7-9-18)14-16(2)3/h6-9,16H,4-5,10-15H2,1-3H3,(H,20,23). The minimum Gasteiger partial charge on any atom is -0.355 e. The summed E-state index contributed by atoms with van der Waals surface area (Å²) in [6, 6.07) is 7.24. The number of hydrogen-bond acceptors (Lipinski definition) is 4. The highest BCUT2D eigenvalue weighted by molar-refractivity contribution is 7.89. The third kappa shape index (κ3) is 5.79. The third-order valence-electron chi connectivity index (χ3n) is 4.49. The molecule has 1 aromatic carbocycles. The Morgan fingerprint density at radius 1 is 1.12 bits per heavy atom. The number of amides is 1. The zero-order chi connectivity index (χ0) is 19.2. The van der Waals surface area contributed by atoms with Crippen LogP contribution in [0.25, 0.3) is 0 Å². The SMILES string of the molecule is CCNC(=O)CN1CCCN(S(=O)(=O)c2ccc(CC(C)C)cc2)CC1. The van der Waals surface area contributed by atoms with E-state index >= 15 is 0 Å². The molecule has 1 N–H and O–H groups in total. The molecule has 1 heterocycles. The number of rotatable bonds is 7. The third-order valence-corrected chi connectivity index (χ3v) is 6.41. The molecule has 7 heteroatoms. The largest absolute Gasteiger partial charge is 0.355 e. The molecule has 0 aromatic heterocycles. The first-order chi connectivity index (χ1) is 12.3. The zero-order valence-electron chi connectivity index (χ0n) is 16.1. The minimum atomic E-state index is -3.49. The zero-order valence-corrected chi connectivity index (χ0v) is 16.9. The van der Waals surface area contributed by atoms with Crippen LogP contribution in [0.3, 0.4) is 0 Å². The molecule has 26 heavy (non-hydrogen) atoms. The molecule has 0 unspecified atom stereocenters. The van der Waals surface area contributed by atoms with E-state index in [0.29, 0.717) is 43.5 Å². The summed E-state index contributed by atoms with van der Waals surface area (Å²) in [6.45, 7) is 9.32. The fraction of sp³-hybridized carbons (Fsp3) is 0.632. The van der Waals surface area contributed by atoms with Gasteiger partial charge in [0.25, 0.3) is 0 Å². The van der Waals surface area contributed by atoms with E-state index in [0.717, 1.165) is 24.9 Å². The molecule has 1 aliphatic heterocycles. The second-order valence-corrected chi connectivity index (χ2v) is 9.17. The first kappa shape index (κ1) is 20.9. The molecule has 0 bridgehead atoms. The van der Waals surface area contributed by atoms with Crippen LogP contribution in [-0.4, -0.2) is 62.8 Å². The number of benzene rings is 1. The van der Waals surface area contributed by atoms with Gasteiger partial charge in [-0.2, -0.15) is 4.31 Å². The molecule has 146 valence electrons. The van der Waals surface area contributed by atoms with Crippen LogP contribution >= 0.6 is 0 Å². The minimum absolute atomic E-state index is 0.00968. The van der Waals surface area contributed by atoms with Crippen LogP contribution in [0.5, 0.6) is 0 Å². The smallest absolute Gasteiger partial charge is 0.243 e. The number of carbonyl (C=O) groups is 1. The van der Waals surface area contributed by atoms with Crippen molar-refractivity contribution in [2.24, 2.45) is 5.92 Å². The Hall–Kier alpha value is -1.44. The summed E-state index contributed by atoms with van der Waals surface area (Å²) in [5.41, 5.74) is 1.16. The molecule has 1 aliphatic rings. The van der Waals surface area contributed by atoms with Crippen LogP contribution in [0.1, 0.15) is 32.8 Å². The Bertz CT molecular complexity index is 686. The van der Waals surface area contributed by atoms with Crippen molar-refractivity contribution in [3.8, 4) is 0 Å². The molecule has 0 atom stereocenters. The van der Waals surface area contributed by atoms with Crippen molar-refractivity contribution in [3.63, 3.8) is 0 Å². The number of sulfonamides is 1. The van der Waals surface area contributed by atoms with E-state index in [1.54, 1.807) is 16.4 Å². The number of likely N-dealkylation sites (N-methyl/N-ethyl adjacent to an activating group) is 1. The average Bonchev–Trinajstić information content (AvgIpc) is 2.81. The van der Waals surface area contributed by atoms with Crippen LogP contribution in [0, 0.1) is 5.92 Å². The summed E-state index contributed by atoms with van der Waals surface area (Å²) in [4.78, 5) is 14.1. The summed E-state index contributed by atoms with van der Waals surface area (Å²) in [5, 5.41) is 2.79. The summed E-state index contributed by atoms with van der Waals surface area (Å²) >= 11 is 0. The first-order valence-corrected chi connectivity index (χ1v) is 10.8. The quantitative estimate of drug-likeness (QED) is 0.781. The summed E-state index contributed by atoms with van der Waals surface area (Å²) in [7, 11) is -3.49. The predicted octanol–water partition coefficient (Wildman–Crippen LogP) is 1.72. The highest BCUT2D eigenvalue weighted by Gasteiger charge is 2.27. The van der Waals surface area contributed by atoms with E-state index in [9.17, 15) is 13.2 Å². The maximum atomic E-state index is 12.9. The Labute approximate surface area is 157 Å². The lowest BCUT2D eigenvalue weighted by molar-refractivity contribution is -0.122. The number of nitrogens with zero attached hydrogens (tertiary/aromatic N) is 2. The van der Waals surface area contributed by atoms with Crippen molar-refractivity contribution in [1.82, 2.24) is 14.5 Å². The van der Waals surface area contributed by atoms with Gasteiger partial charge < -0.3 is 5.32 Å². The van der Waals surface area contributed by atoms with Gasteiger partial charge in [-0.15, -0.1) is 0 Å². The van der Waals surface area contributed by atoms with Gasteiger partial charge >= 0.3 is 0 Å². The number of nitrogens with one attached hydrogen (secondary N) is 1. The highest BCUT2D eigenvalue weighted by Crippen LogP contribution is 2.19. The van der Waals surface area contributed by atoms with Crippen LogP contribution in [0.4, 0.5) is 0 Å². The lowest BCUT2D eigenvalue weighted by atomic mass is 10.0. The van der Waals surface area contributed by atoms with Gasteiger partial charge in [-0.05, 0) is 49.9 Å². The van der Waals surface area contributed by atoms with Crippen LogP contribution in [0.15, 0.2) is 29.2 Å². The van der Waals surface area contributed by atoms with Gasteiger partial charge in [-0.1, -0.05) is 26.0 Å². The predicted molar refractivity (Wildman–Crippen MR) is 103 cm³/mol. The average molecular weight is 382 g/mol.